The monoisotopic (exact) mass is 717 g/mol. The van der Waals surface area contributed by atoms with Gasteiger partial charge in [0.15, 0.2) is 17.5 Å². The lowest BCUT2D eigenvalue weighted by atomic mass is 9.97. The van der Waals surface area contributed by atoms with Gasteiger partial charge in [-0.3, -0.25) is 0 Å². The maximum absolute atomic E-state index is 6.65. The first kappa shape index (κ1) is 31.9. The van der Waals surface area contributed by atoms with E-state index in [0.717, 1.165) is 93.9 Å². The Kier molecular flexibility index (Phi) is 7.42. The van der Waals surface area contributed by atoms with Gasteiger partial charge in [-0.25, -0.2) is 15.0 Å². The summed E-state index contributed by atoms with van der Waals surface area (Å²) in [5.41, 5.74) is 12.4. The van der Waals surface area contributed by atoms with E-state index in [4.69, 9.17) is 23.8 Å². The Bertz CT molecular complexity index is 3220. The molecule has 3 aromatic heterocycles. The van der Waals surface area contributed by atoms with E-state index in [1.165, 1.54) is 0 Å². The molecule has 0 unspecified atom stereocenters. The van der Waals surface area contributed by atoms with Gasteiger partial charge >= 0.3 is 0 Å². The zero-order valence-electron chi connectivity index (χ0n) is 30.1. The smallest absolute Gasteiger partial charge is 0.164 e. The summed E-state index contributed by atoms with van der Waals surface area (Å²) in [5.74, 6) is 1.69. The predicted molar refractivity (Wildman–Crippen MR) is 227 cm³/mol. The SMILES string of the molecule is c1ccc(-c2ccc(-c3nc(-c4ccc5c(c4)oc4c(-c6ccccc6)cccc45)nc(-c4cccc5oc6cccc(-c7ccccc7)c6c45)n3)cc2)cc1. The van der Waals surface area contributed by atoms with Gasteiger partial charge < -0.3 is 8.83 Å². The average Bonchev–Trinajstić information content (AvgIpc) is 3.86. The molecule has 0 amide bonds. The Morgan fingerprint density at radius 1 is 0.286 bits per heavy atom. The lowest BCUT2D eigenvalue weighted by Gasteiger charge is -2.10. The normalized spacial score (nSPS) is 11.6. The summed E-state index contributed by atoms with van der Waals surface area (Å²) in [7, 11) is 0. The number of hydrogen-bond donors (Lipinski definition) is 0. The van der Waals surface area contributed by atoms with Crippen LogP contribution in [-0.2, 0) is 0 Å². The van der Waals surface area contributed by atoms with Crippen molar-refractivity contribution >= 4 is 43.9 Å². The van der Waals surface area contributed by atoms with Gasteiger partial charge in [0.25, 0.3) is 0 Å². The van der Waals surface area contributed by atoms with Gasteiger partial charge in [0.1, 0.15) is 22.3 Å². The molecule has 0 saturated carbocycles. The minimum atomic E-state index is 0.552. The molecule has 0 N–H and O–H groups in total. The van der Waals surface area contributed by atoms with Gasteiger partial charge in [-0.2, -0.15) is 0 Å². The number of aromatic nitrogens is 3. The molecule has 0 radical (unpaired) electrons. The molecule has 0 spiro atoms. The van der Waals surface area contributed by atoms with Crippen molar-refractivity contribution in [2.75, 3.05) is 0 Å². The fourth-order valence-electron chi connectivity index (χ4n) is 7.89. The third kappa shape index (κ3) is 5.37. The third-order valence-electron chi connectivity index (χ3n) is 10.6. The fraction of sp³-hybridized carbons (Fsp3) is 0. The molecule has 0 aliphatic rings. The van der Waals surface area contributed by atoms with Gasteiger partial charge in [-0.05, 0) is 52.1 Å². The van der Waals surface area contributed by atoms with Crippen LogP contribution in [0, 0.1) is 0 Å². The van der Waals surface area contributed by atoms with Crippen LogP contribution >= 0.6 is 0 Å². The molecule has 11 rings (SSSR count). The molecule has 8 aromatic carbocycles. The van der Waals surface area contributed by atoms with Crippen LogP contribution in [0.5, 0.6) is 0 Å². The predicted octanol–water partition coefficient (Wildman–Crippen LogP) is 13.7. The Balaban J connectivity index is 1.12. The van der Waals surface area contributed by atoms with Gasteiger partial charge in [0.05, 0.1) is 0 Å². The molecule has 5 nitrogen and oxygen atoms in total. The second-order valence-electron chi connectivity index (χ2n) is 13.9. The summed E-state index contributed by atoms with van der Waals surface area (Å²) in [6.07, 6.45) is 0. The van der Waals surface area contributed by atoms with Crippen molar-refractivity contribution in [1.29, 1.82) is 0 Å². The van der Waals surface area contributed by atoms with Crippen LogP contribution < -0.4 is 0 Å². The maximum atomic E-state index is 6.65. The minimum Gasteiger partial charge on any atom is -0.456 e. The Morgan fingerprint density at radius 2 is 0.786 bits per heavy atom. The Labute approximate surface area is 322 Å². The summed E-state index contributed by atoms with van der Waals surface area (Å²) in [5, 5.41) is 4.09. The van der Waals surface area contributed by atoms with Crippen molar-refractivity contribution in [1.82, 2.24) is 15.0 Å². The van der Waals surface area contributed by atoms with E-state index in [9.17, 15) is 0 Å². The topological polar surface area (TPSA) is 65.0 Å². The Morgan fingerprint density at radius 3 is 1.48 bits per heavy atom. The van der Waals surface area contributed by atoms with Crippen molar-refractivity contribution in [2.24, 2.45) is 0 Å². The lowest BCUT2D eigenvalue weighted by molar-refractivity contribution is 0.669. The molecule has 262 valence electrons. The first-order valence-corrected chi connectivity index (χ1v) is 18.7. The van der Waals surface area contributed by atoms with Crippen molar-refractivity contribution in [3.63, 3.8) is 0 Å². The quantitative estimate of drug-likeness (QED) is 0.171. The zero-order valence-corrected chi connectivity index (χ0v) is 30.1. The number of nitrogens with zero attached hydrogens (tertiary/aromatic N) is 3. The van der Waals surface area contributed by atoms with Gasteiger partial charge in [0, 0.05) is 43.8 Å². The second-order valence-corrected chi connectivity index (χ2v) is 13.9. The fourth-order valence-corrected chi connectivity index (χ4v) is 7.89. The van der Waals surface area contributed by atoms with Crippen molar-refractivity contribution < 1.29 is 8.83 Å². The minimum absolute atomic E-state index is 0.552. The number of benzene rings is 8. The van der Waals surface area contributed by atoms with Crippen molar-refractivity contribution in [3.8, 4) is 67.5 Å². The van der Waals surface area contributed by atoms with Crippen LogP contribution in [0.4, 0.5) is 0 Å². The van der Waals surface area contributed by atoms with E-state index >= 15 is 0 Å². The average molecular weight is 718 g/mol. The molecule has 0 saturated heterocycles. The standard InChI is InChI=1S/C51H31N3O2/c1-4-13-32(14-5-1)33-25-27-36(28-26-33)49-52-50(37-29-30-40-41-21-10-20-39(35-17-8-3-9-18-35)48(41)56-45(40)31-37)54-51(53-49)42-22-12-24-44-47(42)46-38(19-11-23-43(46)55-44)34-15-6-2-7-16-34/h1-31H. The molecule has 0 aliphatic carbocycles. The van der Waals surface area contributed by atoms with E-state index in [2.05, 4.69) is 140 Å². The van der Waals surface area contributed by atoms with Crippen LogP contribution in [0.25, 0.3) is 111 Å². The molecule has 5 heteroatoms. The summed E-state index contributed by atoms with van der Waals surface area (Å²) in [4.78, 5) is 15.6. The van der Waals surface area contributed by atoms with Crippen LogP contribution in [-0.4, -0.2) is 15.0 Å². The molecule has 3 heterocycles. The third-order valence-corrected chi connectivity index (χ3v) is 10.6. The van der Waals surface area contributed by atoms with Crippen molar-refractivity contribution in [3.05, 3.63) is 188 Å². The van der Waals surface area contributed by atoms with Gasteiger partial charge in [-0.1, -0.05) is 164 Å². The highest BCUT2D eigenvalue weighted by Crippen LogP contribution is 2.42. The maximum Gasteiger partial charge on any atom is 0.164 e. The highest BCUT2D eigenvalue weighted by molar-refractivity contribution is 6.17. The molecular weight excluding hydrogens is 687 g/mol. The largest absolute Gasteiger partial charge is 0.456 e. The van der Waals surface area contributed by atoms with Crippen LogP contribution in [0.15, 0.2) is 197 Å². The van der Waals surface area contributed by atoms with Crippen molar-refractivity contribution in [2.45, 2.75) is 0 Å². The highest BCUT2D eigenvalue weighted by Gasteiger charge is 2.21. The number of para-hydroxylation sites is 1. The van der Waals surface area contributed by atoms with Crippen LogP contribution in [0.1, 0.15) is 0 Å². The summed E-state index contributed by atoms with van der Waals surface area (Å²) in [6.45, 7) is 0. The highest BCUT2D eigenvalue weighted by atomic mass is 16.3. The van der Waals surface area contributed by atoms with Gasteiger partial charge in [-0.15, -0.1) is 0 Å². The molecule has 0 bridgehead atoms. The lowest BCUT2D eigenvalue weighted by Crippen LogP contribution is -2.00. The molecule has 56 heavy (non-hydrogen) atoms. The second kappa shape index (κ2) is 13.0. The van der Waals surface area contributed by atoms with E-state index in [1.807, 2.05) is 48.5 Å². The van der Waals surface area contributed by atoms with Gasteiger partial charge in [0.2, 0.25) is 0 Å². The zero-order chi connectivity index (χ0) is 37.0. The van der Waals surface area contributed by atoms with Crippen LogP contribution in [0.3, 0.4) is 0 Å². The molecular formula is C51H31N3O2. The van der Waals surface area contributed by atoms with E-state index in [-0.39, 0.29) is 0 Å². The first-order chi connectivity index (χ1) is 27.7. The summed E-state index contributed by atoms with van der Waals surface area (Å²) in [6, 6.07) is 64.4. The summed E-state index contributed by atoms with van der Waals surface area (Å²) >= 11 is 0. The molecule has 0 aliphatic heterocycles. The van der Waals surface area contributed by atoms with Crippen LogP contribution in [0.2, 0.25) is 0 Å². The molecule has 0 atom stereocenters. The molecule has 11 aromatic rings. The number of rotatable bonds is 6. The van der Waals surface area contributed by atoms with E-state index in [1.54, 1.807) is 0 Å². The number of furan rings is 2. The summed E-state index contributed by atoms with van der Waals surface area (Å²) < 4.78 is 13.1. The van der Waals surface area contributed by atoms with E-state index < -0.39 is 0 Å². The Hall–Kier alpha value is -7.63. The number of hydrogen-bond acceptors (Lipinski definition) is 5. The molecule has 0 fully saturated rings. The first-order valence-electron chi connectivity index (χ1n) is 18.7. The van der Waals surface area contributed by atoms with E-state index in [0.29, 0.717) is 17.5 Å². The number of fused-ring (bicyclic) bond motifs is 6.